The average molecular weight is 382 g/mol. The summed E-state index contributed by atoms with van der Waals surface area (Å²) in [6.07, 6.45) is 4.31. The van der Waals surface area contributed by atoms with Gasteiger partial charge in [-0.15, -0.1) is 0 Å². The summed E-state index contributed by atoms with van der Waals surface area (Å²) in [5, 5.41) is 17.7. The van der Waals surface area contributed by atoms with Crippen LogP contribution < -0.4 is 14.8 Å². The molecule has 1 fully saturated rings. The first-order valence-electron chi connectivity index (χ1n) is 8.57. The van der Waals surface area contributed by atoms with Crippen molar-refractivity contribution in [2.45, 2.75) is 25.7 Å². The summed E-state index contributed by atoms with van der Waals surface area (Å²) in [5.41, 5.74) is 0.682. The predicted molar refractivity (Wildman–Crippen MR) is 98.4 cm³/mol. The molecule has 0 spiro atoms. The molecule has 150 valence electrons. The third-order valence-corrected chi connectivity index (χ3v) is 3.97. The third kappa shape index (κ3) is 8.41. The molecule has 0 aromatic heterocycles. The molecule has 1 saturated heterocycles. The van der Waals surface area contributed by atoms with Gasteiger partial charge in [-0.25, -0.2) is 9.59 Å². The minimum absolute atomic E-state index is 0.0176. The Bertz CT molecular complexity index is 631. The van der Waals surface area contributed by atoms with Crippen molar-refractivity contribution < 1.29 is 34.1 Å². The fraction of sp³-hybridized carbons (Fsp3) is 0.500. The molecule has 2 rings (SSSR count). The van der Waals surface area contributed by atoms with Crippen molar-refractivity contribution in [3.63, 3.8) is 0 Å². The minimum atomic E-state index is -1.82. The van der Waals surface area contributed by atoms with Crippen LogP contribution >= 0.6 is 0 Å². The van der Waals surface area contributed by atoms with Gasteiger partial charge in [0.15, 0.2) is 0 Å². The molecular formula is C18H26N2O7. The molecule has 3 N–H and O–H groups in total. The Morgan fingerprint density at radius 3 is 2.19 bits per heavy atom. The summed E-state index contributed by atoms with van der Waals surface area (Å²) in [4.78, 5) is 32.6. The van der Waals surface area contributed by atoms with Crippen molar-refractivity contribution in [2.75, 3.05) is 39.2 Å². The lowest BCUT2D eigenvalue weighted by atomic mass is 10.1. The van der Waals surface area contributed by atoms with Crippen molar-refractivity contribution in [1.82, 2.24) is 4.90 Å². The number of amides is 1. The standard InChI is InChI=1S/C16H24N2O3.C2H2O4/c1-20-13-6-7-14(15(12-13)21-2)17-16(19)8-11-18-9-4-3-5-10-18;3-1(4)2(5)6/h6-7,12H,3-5,8-11H2,1-2H3,(H,17,19);(H,3,4)(H,5,6). The number of carboxylic acids is 2. The Morgan fingerprint density at radius 1 is 1.04 bits per heavy atom. The van der Waals surface area contributed by atoms with E-state index in [0.717, 1.165) is 19.6 Å². The van der Waals surface area contributed by atoms with Crippen molar-refractivity contribution in [3.8, 4) is 11.5 Å². The highest BCUT2D eigenvalue weighted by atomic mass is 16.5. The van der Waals surface area contributed by atoms with Crippen LogP contribution in [0.4, 0.5) is 5.69 Å². The van der Waals surface area contributed by atoms with E-state index in [1.807, 2.05) is 6.07 Å². The van der Waals surface area contributed by atoms with E-state index in [9.17, 15) is 4.79 Å². The molecule has 1 aromatic carbocycles. The highest BCUT2D eigenvalue weighted by molar-refractivity contribution is 6.27. The molecular weight excluding hydrogens is 356 g/mol. The smallest absolute Gasteiger partial charge is 0.414 e. The van der Waals surface area contributed by atoms with Crippen LogP contribution in [0.25, 0.3) is 0 Å². The van der Waals surface area contributed by atoms with Gasteiger partial charge in [-0.05, 0) is 38.1 Å². The average Bonchev–Trinajstić information content (AvgIpc) is 2.68. The third-order valence-electron chi connectivity index (χ3n) is 3.97. The van der Waals surface area contributed by atoms with Crippen LogP contribution in [0.5, 0.6) is 11.5 Å². The number of methoxy groups -OCH3 is 2. The first kappa shape index (κ1) is 22.2. The van der Waals surface area contributed by atoms with Crippen LogP contribution in [-0.4, -0.2) is 66.8 Å². The molecule has 0 radical (unpaired) electrons. The highest BCUT2D eigenvalue weighted by Crippen LogP contribution is 2.29. The molecule has 0 atom stereocenters. The number of carbonyl (C=O) groups is 3. The molecule has 0 saturated carbocycles. The van der Waals surface area contributed by atoms with Gasteiger partial charge in [0.1, 0.15) is 11.5 Å². The SMILES string of the molecule is COc1ccc(NC(=O)CCN2CCCCC2)c(OC)c1.O=C(O)C(=O)O. The summed E-state index contributed by atoms with van der Waals surface area (Å²) in [6.45, 7) is 3.04. The number of carbonyl (C=O) groups excluding carboxylic acids is 1. The predicted octanol–water partition coefficient (Wildman–Crippen LogP) is 1.67. The Labute approximate surface area is 157 Å². The molecule has 1 aromatic rings. The quantitative estimate of drug-likeness (QED) is 0.635. The van der Waals surface area contributed by atoms with E-state index in [-0.39, 0.29) is 5.91 Å². The second-order valence-electron chi connectivity index (χ2n) is 5.88. The zero-order valence-electron chi connectivity index (χ0n) is 15.6. The summed E-state index contributed by atoms with van der Waals surface area (Å²) in [7, 11) is 3.18. The number of likely N-dealkylation sites (tertiary alicyclic amines) is 1. The maximum atomic E-state index is 12.1. The summed E-state index contributed by atoms with van der Waals surface area (Å²) < 4.78 is 10.4. The number of aliphatic carboxylic acids is 2. The number of nitrogens with one attached hydrogen (secondary N) is 1. The Morgan fingerprint density at radius 2 is 1.67 bits per heavy atom. The van der Waals surface area contributed by atoms with Crippen LogP contribution in [0.3, 0.4) is 0 Å². The van der Waals surface area contributed by atoms with Gasteiger partial charge in [-0.3, -0.25) is 4.79 Å². The number of rotatable bonds is 6. The molecule has 9 nitrogen and oxygen atoms in total. The van der Waals surface area contributed by atoms with Gasteiger partial charge in [-0.2, -0.15) is 0 Å². The fourth-order valence-corrected chi connectivity index (χ4v) is 2.56. The van der Waals surface area contributed by atoms with Crippen molar-refractivity contribution in [2.24, 2.45) is 0 Å². The molecule has 1 amide bonds. The monoisotopic (exact) mass is 382 g/mol. The maximum absolute atomic E-state index is 12.1. The number of benzene rings is 1. The van der Waals surface area contributed by atoms with Gasteiger partial charge in [0.25, 0.3) is 0 Å². The minimum Gasteiger partial charge on any atom is -0.497 e. The first-order chi connectivity index (χ1) is 12.9. The number of carboxylic acid groups (broad SMARTS) is 2. The number of piperidine rings is 1. The topological polar surface area (TPSA) is 125 Å². The Hall–Kier alpha value is -2.81. The number of ether oxygens (including phenoxy) is 2. The van der Waals surface area contributed by atoms with Crippen LogP contribution in [0.15, 0.2) is 18.2 Å². The van der Waals surface area contributed by atoms with E-state index in [1.54, 1.807) is 26.4 Å². The van der Waals surface area contributed by atoms with Gasteiger partial charge >= 0.3 is 11.9 Å². The number of nitrogens with zero attached hydrogens (tertiary/aromatic N) is 1. The molecule has 1 aliphatic rings. The lowest BCUT2D eigenvalue weighted by Crippen LogP contribution is -2.32. The van der Waals surface area contributed by atoms with Gasteiger partial charge < -0.3 is 29.9 Å². The lowest BCUT2D eigenvalue weighted by Gasteiger charge is -2.26. The van der Waals surface area contributed by atoms with E-state index in [1.165, 1.54) is 19.3 Å². The highest BCUT2D eigenvalue weighted by Gasteiger charge is 2.13. The molecule has 1 aliphatic heterocycles. The van der Waals surface area contributed by atoms with Crippen molar-refractivity contribution >= 4 is 23.5 Å². The second-order valence-corrected chi connectivity index (χ2v) is 5.88. The molecule has 0 unspecified atom stereocenters. The lowest BCUT2D eigenvalue weighted by molar-refractivity contribution is -0.159. The van der Waals surface area contributed by atoms with Gasteiger partial charge in [0.2, 0.25) is 5.91 Å². The normalized spacial score (nSPS) is 13.7. The van der Waals surface area contributed by atoms with E-state index >= 15 is 0 Å². The van der Waals surface area contributed by atoms with Crippen LogP contribution in [0.1, 0.15) is 25.7 Å². The summed E-state index contributed by atoms with van der Waals surface area (Å²) in [6, 6.07) is 5.37. The van der Waals surface area contributed by atoms with E-state index in [4.69, 9.17) is 29.3 Å². The van der Waals surface area contributed by atoms with Crippen molar-refractivity contribution in [1.29, 1.82) is 0 Å². The zero-order chi connectivity index (χ0) is 20.2. The van der Waals surface area contributed by atoms with E-state index < -0.39 is 11.9 Å². The van der Waals surface area contributed by atoms with E-state index in [0.29, 0.717) is 23.6 Å². The largest absolute Gasteiger partial charge is 0.497 e. The number of hydrogen-bond acceptors (Lipinski definition) is 6. The zero-order valence-corrected chi connectivity index (χ0v) is 15.6. The number of anilines is 1. The second kappa shape index (κ2) is 11.7. The molecule has 0 aliphatic carbocycles. The summed E-state index contributed by atoms with van der Waals surface area (Å²) >= 11 is 0. The number of hydrogen-bond donors (Lipinski definition) is 3. The molecule has 27 heavy (non-hydrogen) atoms. The maximum Gasteiger partial charge on any atom is 0.414 e. The van der Waals surface area contributed by atoms with Gasteiger partial charge in [-0.1, -0.05) is 6.42 Å². The Balaban J connectivity index is 0.000000527. The van der Waals surface area contributed by atoms with Crippen LogP contribution in [0, 0.1) is 0 Å². The fourth-order valence-electron chi connectivity index (χ4n) is 2.56. The van der Waals surface area contributed by atoms with Gasteiger partial charge in [0.05, 0.1) is 19.9 Å². The van der Waals surface area contributed by atoms with Gasteiger partial charge in [0, 0.05) is 19.0 Å². The summed E-state index contributed by atoms with van der Waals surface area (Å²) in [5.74, 6) is -2.31. The Kier molecular flexibility index (Phi) is 9.66. The molecule has 9 heteroatoms. The molecule has 1 heterocycles. The first-order valence-corrected chi connectivity index (χ1v) is 8.57. The molecule has 0 bridgehead atoms. The van der Waals surface area contributed by atoms with Crippen LogP contribution in [0.2, 0.25) is 0 Å². The van der Waals surface area contributed by atoms with E-state index in [2.05, 4.69) is 10.2 Å². The van der Waals surface area contributed by atoms with Crippen molar-refractivity contribution in [3.05, 3.63) is 18.2 Å². The van der Waals surface area contributed by atoms with Crippen LogP contribution in [-0.2, 0) is 14.4 Å².